The normalized spacial score (nSPS) is 18.7. The number of carbonyl (C=O) groups is 1. The van der Waals surface area contributed by atoms with Gasteiger partial charge in [0.1, 0.15) is 27.5 Å². The van der Waals surface area contributed by atoms with E-state index in [0.717, 1.165) is 0 Å². The van der Waals surface area contributed by atoms with E-state index in [9.17, 15) is 27.1 Å². The Bertz CT molecular complexity index is 1520. The van der Waals surface area contributed by atoms with Crippen LogP contribution in [0, 0.1) is 23.1 Å². The fourth-order valence-electron chi connectivity index (χ4n) is 3.55. The van der Waals surface area contributed by atoms with Gasteiger partial charge in [0.25, 0.3) is 0 Å². The Balaban J connectivity index is 1.78. The second-order valence-corrected chi connectivity index (χ2v) is 13.0. The Morgan fingerprint density at radius 2 is 2.14 bits per heavy atom. The topological polar surface area (TPSA) is 138 Å². The van der Waals surface area contributed by atoms with Crippen LogP contribution in [-0.2, 0) is 23.5 Å². The number of hydrogen-bond acceptors (Lipinski definition) is 8. The Morgan fingerprint density at radius 1 is 1.37 bits per heavy atom. The molecule has 0 spiro atoms. The summed E-state index contributed by atoms with van der Waals surface area (Å²) in [6.45, 7) is 2.02. The zero-order valence-corrected chi connectivity index (χ0v) is 20.6. The molecule has 1 saturated heterocycles. The quantitative estimate of drug-likeness (QED) is 0.455. The van der Waals surface area contributed by atoms with E-state index < -0.39 is 42.1 Å². The summed E-state index contributed by atoms with van der Waals surface area (Å²) in [7, 11) is -5.96. The standard InChI is InChI=1S/C22H18ClFN4O5S2/c1-2-33-20-7-18-15(6-19(20)28-22(29)13-10-34(30)35(31,32)11-13)21(12(8-25)9-26-18)27-14-3-4-17(24)16(23)5-14/h3-7,9,13H,2,10-11H2,1H3,(H,26,27)(H,28,29). The third-order valence-electron chi connectivity index (χ3n) is 5.23. The molecule has 0 bridgehead atoms. The van der Waals surface area contributed by atoms with E-state index in [1.165, 1.54) is 24.4 Å². The minimum absolute atomic E-state index is 0.109. The van der Waals surface area contributed by atoms with Crippen molar-refractivity contribution in [1.82, 2.24) is 4.98 Å². The van der Waals surface area contributed by atoms with Crippen LogP contribution in [0.1, 0.15) is 12.5 Å². The van der Waals surface area contributed by atoms with Crippen LogP contribution in [0.15, 0.2) is 36.5 Å². The summed E-state index contributed by atoms with van der Waals surface area (Å²) in [4.78, 5) is 17.1. The zero-order valence-electron chi connectivity index (χ0n) is 18.2. The molecule has 2 unspecified atom stereocenters. The highest BCUT2D eigenvalue weighted by molar-refractivity contribution is 8.64. The lowest BCUT2D eigenvalue weighted by molar-refractivity contribution is -0.118. The Kier molecular flexibility index (Phi) is 6.93. The van der Waals surface area contributed by atoms with Gasteiger partial charge >= 0.3 is 0 Å². The number of rotatable bonds is 6. The maximum absolute atomic E-state index is 13.6. The van der Waals surface area contributed by atoms with Crippen molar-refractivity contribution < 1.29 is 26.5 Å². The van der Waals surface area contributed by atoms with Crippen molar-refractivity contribution in [3.8, 4) is 11.8 Å². The van der Waals surface area contributed by atoms with Crippen molar-refractivity contribution >= 4 is 64.2 Å². The number of pyridine rings is 1. The molecule has 35 heavy (non-hydrogen) atoms. The smallest absolute Gasteiger partial charge is 0.230 e. The average Bonchev–Trinajstić information content (AvgIpc) is 3.09. The predicted molar refractivity (Wildman–Crippen MR) is 131 cm³/mol. The molecule has 13 heteroatoms. The molecule has 0 radical (unpaired) electrons. The summed E-state index contributed by atoms with van der Waals surface area (Å²) < 4.78 is 54.7. The van der Waals surface area contributed by atoms with Crippen LogP contribution in [0.25, 0.3) is 10.9 Å². The number of amides is 1. The number of nitrogens with zero attached hydrogens (tertiary/aromatic N) is 2. The number of nitrogens with one attached hydrogen (secondary N) is 2. The third-order valence-corrected chi connectivity index (χ3v) is 10.1. The summed E-state index contributed by atoms with van der Waals surface area (Å²) in [5.41, 5.74) is 1.58. The highest BCUT2D eigenvalue weighted by Crippen LogP contribution is 2.37. The number of nitriles is 1. The molecule has 2 N–H and O–H groups in total. The molecule has 2 aromatic carbocycles. The Labute approximate surface area is 207 Å². The van der Waals surface area contributed by atoms with E-state index in [2.05, 4.69) is 15.6 Å². The van der Waals surface area contributed by atoms with Gasteiger partial charge < -0.3 is 15.4 Å². The van der Waals surface area contributed by atoms with Gasteiger partial charge in [0.15, 0.2) is 0 Å². The summed E-state index contributed by atoms with van der Waals surface area (Å²) >= 11 is 5.88. The monoisotopic (exact) mass is 536 g/mol. The fraction of sp³-hybridized carbons (Fsp3) is 0.227. The molecule has 1 aromatic heterocycles. The van der Waals surface area contributed by atoms with E-state index in [1.54, 1.807) is 19.1 Å². The maximum Gasteiger partial charge on any atom is 0.230 e. The van der Waals surface area contributed by atoms with E-state index >= 15 is 0 Å². The van der Waals surface area contributed by atoms with Crippen molar-refractivity contribution in [3.63, 3.8) is 0 Å². The lowest BCUT2D eigenvalue weighted by atomic mass is 10.1. The van der Waals surface area contributed by atoms with Crippen LogP contribution in [0.5, 0.6) is 5.75 Å². The molecule has 0 saturated carbocycles. The van der Waals surface area contributed by atoms with Crippen molar-refractivity contribution in [3.05, 3.63) is 52.9 Å². The minimum Gasteiger partial charge on any atom is -0.492 e. The number of hydrogen-bond donors (Lipinski definition) is 2. The SMILES string of the molecule is CCOc1cc2ncc(C#N)c(Nc3ccc(F)c(Cl)c3)c2cc1NC(=O)C1CS(=O)S(=O)(=O)C1. The first kappa shape index (κ1) is 24.8. The number of aromatic nitrogens is 1. The summed E-state index contributed by atoms with van der Waals surface area (Å²) in [6, 6.07) is 9.15. The van der Waals surface area contributed by atoms with Gasteiger partial charge in [0.05, 0.1) is 51.5 Å². The third kappa shape index (κ3) is 5.07. The number of anilines is 3. The molecule has 2 heterocycles. The second-order valence-electron chi connectivity index (χ2n) is 7.59. The number of benzene rings is 2. The molecule has 2 atom stereocenters. The van der Waals surface area contributed by atoms with Gasteiger partial charge in [0.2, 0.25) is 14.8 Å². The first-order valence-electron chi connectivity index (χ1n) is 10.3. The Hall–Kier alpha value is -3.27. The van der Waals surface area contributed by atoms with E-state index in [-0.39, 0.29) is 34.4 Å². The molecular weight excluding hydrogens is 519 g/mol. The minimum atomic E-state index is -3.84. The molecular formula is C22H18ClFN4O5S2. The van der Waals surface area contributed by atoms with Crippen LogP contribution in [0.4, 0.5) is 21.5 Å². The number of ether oxygens (including phenoxy) is 1. The molecule has 1 aliphatic rings. The van der Waals surface area contributed by atoms with Crippen LogP contribution in [0.3, 0.4) is 0 Å². The molecule has 1 fully saturated rings. The molecule has 9 nitrogen and oxygen atoms in total. The van der Waals surface area contributed by atoms with E-state index in [1.807, 2.05) is 6.07 Å². The molecule has 3 aromatic rings. The fourth-order valence-corrected chi connectivity index (χ4v) is 7.67. The van der Waals surface area contributed by atoms with Gasteiger partial charge in [-0.05, 0) is 31.2 Å². The Morgan fingerprint density at radius 3 is 2.77 bits per heavy atom. The van der Waals surface area contributed by atoms with E-state index in [0.29, 0.717) is 22.3 Å². The highest BCUT2D eigenvalue weighted by Gasteiger charge is 2.39. The summed E-state index contributed by atoms with van der Waals surface area (Å²) in [5.74, 6) is -2.72. The predicted octanol–water partition coefficient (Wildman–Crippen LogP) is 3.69. The lowest BCUT2D eigenvalue weighted by Gasteiger charge is -2.17. The molecule has 0 aliphatic carbocycles. The van der Waals surface area contributed by atoms with Gasteiger partial charge in [-0.1, -0.05) is 11.6 Å². The largest absolute Gasteiger partial charge is 0.492 e. The average molecular weight is 537 g/mol. The molecule has 1 aliphatic heterocycles. The van der Waals surface area contributed by atoms with E-state index in [4.69, 9.17) is 16.3 Å². The van der Waals surface area contributed by atoms with Gasteiger partial charge in [-0.3, -0.25) is 9.78 Å². The number of fused-ring (bicyclic) bond motifs is 1. The van der Waals surface area contributed by atoms with Crippen LogP contribution in [0.2, 0.25) is 5.02 Å². The number of halogens is 2. The second kappa shape index (κ2) is 9.77. The van der Waals surface area contributed by atoms with Crippen molar-refractivity contribution in [2.24, 2.45) is 5.92 Å². The van der Waals surface area contributed by atoms with Crippen molar-refractivity contribution in [2.45, 2.75) is 6.92 Å². The van der Waals surface area contributed by atoms with Crippen LogP contribution >= 0.6 is 11.6 Å². The van der Waals surface area contributed by atoms with Crippen LogP contribution < -0.4 is 15.4 Å². The maximum atomic E-state index is 13.6. The highest BCUT2D eigenvalue weighted by atomic mass is 35.5. The van der Waals surface area contributed by atoms with Crippen molar-refractivity contribution in [2.75, 3.05) is 28.7 Å². The molecule has 1 amide bonds. The first-order valence-corrected chi connectivity index (χ1v) is 14.1. The van der Waals surface area contributed by atoms with Gasteiger partial charge in [-0.25, -0.2) is 17.0 Å². The number of carbonyl (C=O) groups excluding carboxylic acids is 1. The van der Waals surface area contributed by atoms with Crippen LogP contribution in [-0.4, -0.2) is 41.6 Å². The molecule has 182 valence electrons. The van der Waals surface area contributed by atoms with Crippen molar-refractivity contribution in [1.29, 1.82) is 5.26 Å². The first-order chi connectivity index (χ1) is 16.6. The van der Waals surface area contributed by atoms with Gasteiger partial charge in [-0.15, -0.1) is 0 Å². The van der Waals surface area contributed by atoms with Gasteiger partial charge in [-0.2, -0.15) is 5.26 Å². The zero-order chi connectivity index (χ0) is 25.3. The summed E-state index contributed by atoms with van der Waals surface area (Å²) in [5, 5.41) is 15.7. The summed E-state index contributed by atoms with van der Waals surface area (Å²) in [6.07, 6.45) is 1.36. The lowest BCUT2D eigenvalue weighted by Crippen LogP contribution is -2.26. The van der Waals surface area contributed by atoms with Gasteiger partial charge in [0, 0.05) is 23.3 Å². The molecule has 4 rings (SSSR count).